The Bertz CT molecular complexity index is 672. The fourth-order valence-corrected chi connectivity index (χ4v) is 3.42. The Kier molecular flexibility index (Phi) is 3.99. The maximum atomic E-state index is 12.7. The molecule has 1 atom stereocenters. The lowest BCUT2D eigenvalue weighted by Crippen LogP contribution is -2.44. The van der Waals surface area contributed by atoms with Gasteiger partial charge in [0.05, 0.1) is 11.4 Å². The monoisotopic (exact) mass is 317 g/mol. The summed E-state index contributed by atoms with van der Waals surface area (Å²) in [6.45, 7) is 0. The van der Waals surface area contributed by atoms with Crippen molar-refractivity contribution in [3.05, 3.63) is 65.2 Å². The van der Waals surface area contributed by atoms with Gasteiger partial charge in [-0.3, -0.25) is 9.59 Å². The molecular weight excluding hydrogens is 306 g/mol. The van der Waals surface area contributed by atoms with Gasteiger partial charge in [0.25, 0.3) is 5.91 Å². The highest BCUT2D eigenvalue weighted by molar-refractivity contribution is 8.01. The van der Waals surface area contributed by atoms with Gasteiger partial charge in [0.1, 0.15) is 5.25 Å². The molecule has 2 aromatic rings. The molecule has 2 aromatic carbocycles. The number of benzene rings is 2. The van der Waals surface area contributed by atoms with Gasteiger partial charge < -0.3 is 0 Å². The highest BCUT2D eigenvalue weighted by atomic mass is 35.5. The van der Waals surface area contributed by atoms with Crippen LogP contribution in [0.15, 0.2) is 54.6 Å². The van der Waals surface area contributed by atoms with Crippen molar-refractivity contribution in [3.63, 3.8) is 0 Å². The largest absolute Gasteiger partial charge is 0.273 e. The van der Waals surface area contributed by atoms with Crippen LogP contribution in [0.3, 0.4) is 0 Å². The number of nitrogens with zero attached hydrogens (tertiary/aromatic N) is 1. The van der Waals surface area contributed by atoms with Crippen LogP contribution in [0.5, 0.6) is 0 Å². The van der Waals surface area contributed by atoms with E-state index in [1.54, 1.807) is 24.3 Å². The first kappa shape index (κ1) is 14.2. The highest BCUT2D eigenvalue weighted by Gasteiger charge is 2.36. The fourth-order valence-electron chi connectivity index (χ4n) is 2.26. The number of amides is 2. The van der Waals surface area contributed by atoms with Gasteiger partial charge in [-0.2, -0.15) is 0 Å². The number of halogens is 1. The van der Waals surface area contributed by atoms with Crippen molar-refractivity contribution in [1.82, 2.24) is 0 Å². The molecule has 2 amide bonds. The van der Waals surface area contributed by atoms with Crippen LogP contribution < -0.4 is 4.90 Å². The molecule has 1 fully saturated rings. The first-order valence-electron chi connectivity index (χ1n) is 6.46. The Morgan fingerprint density at radius 2 is 1.67 bits per heavy atom. The molecule has 0 aliphatic carbocycles. The van der Waals surface area contributed by atoms with Crippen molar-refractivity contribution in [3.8, 4) is 0 Å². The number of anilines is 1. The molecule has 0 N–H and O–H groups in total. The Labute approximate surface area is 131 Å². The number of thioether (sulfide) groups is 1. The summed E-state index contributed by atoms with van der Waals surface area (Å²) in [7, 11) is 0. The summed E-state index contributed by atoms with van der Waals surface area (Å²) in [5.74, 6) is -0.113. The summed E-state index contributed by atoms with van der Waals surface area (Å²) < 4.78 is 0. The quantitative estimate of drug-likeness (QED) is 0.793. The van der Waals surface area contributed by atoms with E-state index < -0.39 is 0 Å². The predicted molar refractivity (Wildman–Crippen MR) is 85.6 cm³/mol. The number of hydrogen-bond donors (Lipinski definition) is 0. The van der Waals surface area contributed by atoms with Crippen LogP contribution in [-0.4, -0.2) is 17.6 Å². The van der Waals surface area contributed by atoms with Crippen molar-refractivity contribution >= 4 is 40.9 Å². The molecule has 3 nitrogen and oxygen atoms in total. The van der Waals surface area contributed by atoms with E-state index in [2.05, 4.69) is 0 Å². The molecule has 0 aromatic heterocycles. The number of carbonyl (C=O) groups is 2. The molecule has 106 valence electrons. The zero-order valence-electron chi connectivity index (χ0n) is 11.0. The molecule has 5 heteroatoms. The number of hydrogen-bond acceptors (Lipinski definition) is 3. The molecular formula is C16H12ClNO2S. The summed E-state index contributed by atoms with van der Waals surface area (Å²) in [4.78, 5) is 26.0. The van der Waals surface area contributed by atoms with Gasteiger partial charge in [-0.1, -0.05) is 41.9 Å². The Hall–Kier alpha value is -1.78. The molecule has 1 aliphatic rings. The summed E-state index contributed by atoms with van der Waals surface area (Å²) in [6.07, 6.45) is 0. The standard InChI is InChI=1S/C16H12ClNO2S/c17-12-6-8-13(9-7-12)18-14(19)10-21-15(16(18)20)11-4-2-1-3-5-11/h1-9,15H,10H2. The lowest BCUT2D eigenvalue weighted by molar-refractivity contribution is -0.125. The van der Waals surface area contributed by atoms with Crippen LogP contribution in [0.4, 0.5) is 5.69 Å². The van der Waals surface area contributed by atoms with Gasteiger partial charge in [0, 0.05) is 5.02 Å². The van der Waals surface area contributed by atoms with E-state index >= 15 is 0 Å². The van der Waals surface area contributed by atoms with Crippen molar-refractivity contribution in [2.24, 2.45) is 0 Å². The topological polar surface area (TPSA) is 37.4 Å². The lowest BCUT2D eigenvalue weighted by atomic mass is 10.1. The molecule has 1 aliphatic heterocycles. The molecule has 0 spiro atoms. The third-order valence-corrected chi connectivity index (χ3v) is 4.73. The third kappa shape index (κ3) is 2.82. The van der Waals surface area contributed by atoms with Crippen LogP contribution >= 0.6 is 23.4 Å². The number of imide groups is 1. The molecule has 0 bridgehead atoms. The molecule has 1 unspecified atom stereocenters. The smallest absolute Gasteiger partial charge is 0.251 e. The predicted octanol–water partition coefficient (Wildman–Crippen LogP) is 3.69. The number of rotatable bonds is 2. The molecule has 0 radical (unpaired) electrons. The maximum Gasteiger partial charge on any atom is 0.251 e. The minimum absolute atomic E-state index is 0.195. The summed E-state index contributed by atoms with van der Waals surface area (Å²) >= 11 is 7.22. The van der Waals surface area contributed by atoms with Crippen molar-refractivity contribution in [1.29, 1.82) is 0 Å². The summed E-state index contributed by atoms with van der Waals surface area (Å²) in [6, 6.07) is 16.2. The van der Waals surface area contributed by atoms with Crippen LogP contribution in [0.1, 0.15) is 10.8 Å². The Balaban J connectivity index is 1.94. The van der Waals surface area contributed by atoms with Gasteiger partial charge in [-0.15, -0.1) is 11.8 Å². The first-order valence-corrected chi connectivity index (χ1v) is 7.88. The lowest BCUT2D eigenvalue weighted by Gasteiger charge is -2.30. The normalized spacial score (nSPS) is 18.9. The molecule has 0 saturated carbocycles. The summed E-state index contributed by atoms with van der Waals surface area (Å²) in [5, 5.41) is 0.226. The molecule has 3 rings (SSSR count). The van der Waals surface area contributed by atoms with E-state index in [-0.39, 0.29) is 22.8 Å². The zero-order valence-corrected chi connectivity index (χ0v) is 12.6. The Morgan fingerprint density at radius 1 is 1.00 bits per heavy atom. The van der Waals surface area contributed by atoms with Crippen molar-refractivity contribution in [2.45, 2.75) is 5.25 Å². The van der Waals surface area contributed by atoms with E-state index in [4.69, 9.17) is 11.6 Å². The third-order valence-electron chi connectivity index (χ3n) is 3.25. The van der Waals surface area contributed by atoms with Crippen molar-refractivity contribution < 1.29 is 9.59 Å². The average Bonchev–Trinajstić information content (AvgIpc) is 2.50. The zero-order chi connectivity index (χ0) is 14.8. The number of carbonyl (C=O) groups excluding carboxylic acids is 2. The van der Waals surface area contributed by atoms with Crippen LogP contribution in [0, 0.1) is 0 Å². The second-order valence-corrected chi connectivity index (χ2v) is 6.18. The van der Waals surface area contributed by atoms with E-state index in [0.29, 0.717) is 10.7 Å². The molecule has 21 heavy (non-hydrogen) atoms. The van der Waals surface area contributed by atoms with Gasteiger partial charge in [-0.25, -0.2) is 4.90 Å². The van der Waals surface area contributed by atoms with Gasteiger partial charge in [-0.05, 0) is 29.8 Å². The van der Waals surface area contributed by atoms with Gasteiger partial charge in [0.15, 0.2) is 0 Å². The summed E-state index contributed by atoms with van der Waals surface area (Å²) in [5.41, 5.74) is 1.48. The fraction of sp³-hybridized carbons (Fsp3) is 0.125. The second-order valence-electron chi connectivity index (χ2n) is 4.65. The van der Waals surface area contributed by atoms with Gasteiger partial charge >= 0.3 is 0 Å². The highest BCUT2D eigenvalue weighted by Crippen LogP contribution is 2.36. The minimum atomic E-state index is -0.348. The maximum absolute atomic E-state index is 12.7. The second kappa shape index (κ2) is 5.92. The SMILES string of the molecule is O=C1CSC(c2ccccc2)C(=O)N1c1ccc(Cl)cc1. The van der Waals surface area contributed by atoms with E-state index in [1.807, 2.05) is 30.3 Å². The van der Waals surface area contributed by atoms with Gasteiger partial charge in [0.2, 0.25) is 5.91 Å². The van der Waals surface area contributed by atoms with Crippen LogP contribution in [0.2, 0.25) is 5.02 Å². The van der Waals surface area contributed by atoms with E-state index in [1.165, 1.54) is 16.7 Å². The molecule has 1 saturated heterocycles. The first-order chi connectivity index (χ1) is 10.2. The average molecular weight is 318 g/mol. The molecule has 1 heterocycles. The minimum Gasteiger partial charge on any atom is -0.273 e. The van der Waals surface area contributed by atoms with E-state index in [9.17, 15) is 9.59 Å². The van der Waals surface area contributed by atoms with Crippen LogP contribution in [-0.2, 0) is 9.59 Å². The van der Waals surface area contributed by atoms with Crippen LogP contribution in [0.25, 0.3) is 0 Å². The van der Waals surface area contributed by atoms with Crippen molar-refractivity contribution in [2.75, 3.05) is 10.7 Å². The Morgan fingerprint density at radius 3 is 2.33 bits per heavy atom. The van der Waals surface area contributed by atoms with E-state index in [0.717, 1.165) is 5.56 Å².